The summed E-state index contributed by atoms with van der Waals surface area (Å²) in [6, 6.07) is 19.8. The van der Waals surface area contributed by atoms with Gasteiger partial charge in [0.2, 0.25) is 0 Å². The van der Waals surface area contributed by atoms with E-state index in [4.69, 9.17) is 4.74 Å². The molecule has 4 nitrogen and oxygen atoms in total. The molecule has 0 fully saturated rings. The summed E-state index contributed by atoms with van der Waals surface area (Å²) in [5.41, 5.74) is 4.59. The second-order valence-electron chi connectivity index (χ2n) is 6.75. The number of carbonyl (C=O) groups excluding carboxylic acids is 1. The Morgan fingerprint density at radius 1 is 0.889 bits per heavy atom. The van der Waals surface area contributed by atoms with Crippen LogP contribution in [0.2, 0.25) is 0 Å². The number of rotatable bonds is 5. The zero-order chi connectivity index (χ0) is 19.0. The monoisotopic (exact) mass is 360 g/mol. The van der Waals surface area contributed by atoms with Crippen molar-refractivity contribution in [3.8, 4) is 0 Å². The fourth-order valence-corrected chi connectivity index (χ4v) is 4.42. The van der Waals surface area contributed by atoms with Crippen molar-refractivity contribution in [2.45, 2.75) is 13.3 Å². The normalized spacial score (nSPS) is 20.9. The lowest BCUT2D eigenvalue weighted by molar-refractivity contribution is -0.140. The van der Waals surface area contributed by atoms with Crippen molar-refractivity contribution in [3.05, 3.63) is 82.9 Å². The molecule has 4 rings (SSSR count). The molecule has 4 heteroatoms. The Hall–Kier alpha value is -3.14. The van der Waals surface area contributed by atoms with E-state index in [0.717, 1.165) is 22.3 Å². The van der Waals surface area contributed by atoms with E-state index in [-0.39, 0.29) is 24.0 Å². The zero-order valence-electron chi connectivity index (χ0n) is 15.0. The van der Waals surface area contributed by atoms with Gasteiger partial charge in [0.1, 0.15) is 0 Å². The molecule has 0 heterocycles. The van der Waals surface area contributed by atoms with E-state index < -0.39 is 11.9 Å². The summed E-state index contributed by atoms with van der Waals surface area (Å²) in [7, 11) is 0. The minimum absolute atomic E-state index is 0.192. The number of ether oxygens (including phenoxy) is 1. The number of hydrogen-bond donors (Lipinski definition) is 1. The van der Waals surface area contributed by atoms with Crippen LogP contribution in [0.25, 0.3) is 11.1 Å². The van der Waals surface area contributed by atoms with Crippen molar-refractivity contribution in [2.75, 3.05) is 6.61 Å². The van der Waals surface area contributed by atoms with Crippen LogP contribution < -0.4 is 0 Å². The lowest BCUT2D eigenvalue weighted by Gasteiger charge is -2.24. The number of hydrogen-bond acceptors (Lipinski definition) is 3. The first-order valence-electron chi connectivity index (χ1n) is 9.12. The fraction of sp³-hybridized carbons (Fsp3) is 0.217. The maximum atomic E-state index is 12.6. The topological polar surface area (TPSA) is 63.6 Å². The number of allylic oxidation sites excluding steroid dienone is 2. The van der Waals surface area contributed by atoms with E-state index in [1.807, 2.05) is 60.7 Å². The molecule has 2 aliphatic rings. The minimum atomic E-state index is -1.04. The average Bonchev–Trinajstić information content (AvgIpc) is 3.25. The molecule has 1 N–H and O–H groups in total. The first-order chi connectivity index (χ1) is 13.1. The van der Waals surface area contributed by atoms with Gasteiger partial charge in [-0.05, 0) is 35.6 Å². The number of esters is 1. The molecule has 0 spiro atoms. The summed E-state index contributed by atoms with van der Waals surface area (Å²) in [6.45, 7) is 1.96. The van der Waals surface area contributed by atoms with Gasteiger partial charge in [-0.1, -0.05) is 60.7 Å². The van der Waals surface area contributed by atoms with E-state index in [1.54, 1.807) is 6.92 Å². The van der Waals surface area contributed by atoms with Gasteiger partial charge in [0.05, 0.1) is 17.8 Å². The minimum Gasteiger partial charge on any atom is -0.478 e. The second-order valence-corrected chi connectivity index (χ2v) is 6.75. The molecular weight excluding hydrogens is 340 g/mol. The van der Waals surface area contributed by atoms with Gasteiger partial charge in [-0.15, -0.1) is 0 Å². The standard InChI is InChI=1S/C23H20O4/c1-2-27-23(26)21-17-13-16(20(21)22(24)25)18(14-9-5-3-6-10-14)19(17)15-11-7-4-8-12-15/h3-12,16-17H,2,13H2,1H3,(H,24,25). The maximum Gasteiger partial charge on any atom is 0.335 e. The summed E-state index contributed by atoms with van der Waals surface area (Å²) >= 11 is 0. The van der Waals surface area contributed by atoms with Gasteiger partial charge < -0.3 is 9.84 Å². The molecule has 0 radical (unpaired) electrons. The predicted octanol–water partition coefficient (Wildman–Crippen LogP) is 4.19. The molecule has 2 aromatic carbocycles. The first-order valence-corrected chi connectivity index (χ1v) is 9.12. The highest BCUT2D eigenvalue weighted by molar-refractivity contribution is 6.12. The Balaban J connectivity index is 1.93. The van der Waals surface area contributed by atoms with Gasteiger partial charge in [-0.2, -0.15) is 0 Å². The molecule has 0 saturated carbocycles. The molecule has 136 valence electrons. The molecule has 2 unspecified atom stereocenters. The van der Waals surface area contributed by atoms with E-state index in [9.17, 15) is 14.7 Å². The Bertz CT molecular complexity index is 954. The smallest absolute Gasteiger partial charge is 0.335 e. The van der Waals surface area contributed by atoms with E-state index in [1.165, 1.54) is 0 Å². The highest BCUT2D eigenvalue weighted by Crippen LogP contribution is 2.58. The quantitative estimate of drug-likeness (QED) is 0.812. The summed E-state index contributed by atoms with van der Waals surface area (Å²) in [5, 5.41) is 9.86. The third kappa shape index (κ3) is 2.78. The molecule has 0 aliphatic heterocycles. The number of benzene rings is 2. The summed E-state index contributed by atoms with van der Waals surface area (Å²) in [5.74, 6) is -2.10. The average molecular weight is 360 g/mol. The number of carboxylic acid groups (broad SMARTS) is 1. The number of carbonyl (C=O) groups is 2. The van der Waals surface area contributed by atoms with Crippen molar-refractivity contribution in [2.24, 2.45) is 11.8 Å². The van der Waals surface area contributed by atoms with E-state index in [0.29, 0.717) is 12.0 Å². The fourth-order valence-electron chi connectivity index (χ4n) is 4.42. The van der Waals surface area contributed by atoms with Crippen LogP contribution in [0.4, 0.5) is 0 Å². The molecule has 2 aromatic rings. The van der Waals surface area contributed by atoms with E-state index in [2.05, 4.69) is 0 Å². The third-order valence-electron chi connectivity index (χ3n) is 5.34. The van der Waals surface area contributed by atoms with Crippen molar-refractivity contribution >= 4 is 23.1 Å². The molecule has 27 heavy (non-hydrogen) atoms. The highest BCUT2D eigenvalue weighted by atomic mass is 16.5. The molecule has 2 atom stereocenters. The summed E-state index contributed by atoms with van der Waals surface area (Å²) in [4.78, 5) is 24.6. The van der Waals surface area contributed by atoms with Gasteiger partial charge >= 0.3 is 11.9 Å². The largest absolute Gasteiger partial charge is 0.478 e. The van der Waals surface area contributed by atoms with Crippen molar-refractivity contribution < 1.29 is 19.4 Å². The van der Waals surface area contributed by atoms with Crippen LogP contribution in [0.3, 0.4) is 0 Å². The van der Waals surface area contributed by atoms with Crippen molar-refractivity contribution in [1.29, 1.82) is 0 Å². The van der Waals surface area contributed by atoms with Crippen molar-refractivity contribution in [1.82, 2.24) is 0 Å². The highest BCUT2D eigenvalue weighted by Gasteiger charge is 2.50. The third-order valence-corrected chi connectivity index (χ3v) is 5.34. The molecule has 0 aromatic heterocycles. The SMILES string of the molecule is CCOC(=O)C1=C(C(=O)O)C2CC1C(c1ccccc1)=C2c1ccccc1. The molecule has 0 saturated heterocycles. The Morgan fingerprint density at radius 2 is 1.37 bits per heavy atom. The summed E-state index contributed by atoms with van der Waals surface area (Å²) < 4.78 is 5.20. The van der Waals surface area contributed by atoms with Crippen LogP contribution in [0, 0.1) is 11.8 Å². The Kier molecular flexibility index (Phi) is 4.40. The number of carboxylic acids is 1. The van der Waals surface area contributed by atoms with Gasteiger partial charge in [-0.25, -0.2) is 9.59 Å². The van der Waals surface area contributed by atoms with Gasteiger partial charge in [0, 0.05) is 11.8 Å². The molecule has 2 aliphatic carbocycles. The van der Waals surface area contributed by atoms with Crippen LogP contribution in [-0.2, 0) is 14.3 Å². The number of aliphatic carboxylic acids is 1. The van der Waals surface area contributed by atoms with Crippen LogP contribution in [0.5, 0.6) is 0 Å². The Labute approximate surface area is 157 Å². The van der Waals surface area contributed by atoms with Crippen molar-refractivity contribution in [3.63, 3.8) is 0 Å². The summed E-state index contributed by atoms with van der Waals surface area (Å²) in [6.07, 6.45) is 0.601. The van der Waals surface area contributed by atoms with Gasteiger partial charge in [-0.3, -0.25) is 0 Å². The second kappa shape index (κ2) is 6.88. The maximum absolute atomic E-state index is 12.6. The number of fused-ring (bicyclic) bond motifs is 2. The van der Waals surface area contributed by atoms with Gasteiger partial charge in [0.25, 0.3) is 0 Å². The molecule has 0 amide bonds. The van der Waals surface area contributed by atoms with Gasteiger partial charge in [0.15, 0.2) is 0 Å². The first kappa shape index (κ1) is 17.3. The van der Waals surface area contributed by atoms with Crippen LogP contribution in [0.15, 0.2) is 71.8 Å². The van der Waals surface area contributed by atoms with Crippen LogP contribution in [-0.4, -0.2) is 23.7 Å². The Morgan fingerprint density at radius 3 is 1.81 bits per heavy atom. The zero-order valence-corrected chi connectivity index (χ0v) is 15.0. The lowest BCUT2D eigenvalue weighted by atomic mass is 9.80. The van der Waals surface area contributed by atoms with Crippen LogP contribution in [0.1, 0.15) is 24.5 Å². The van der Waals surface area contributed by atoms with Crippen LogP contribution >= 0.6 is 0 Å². The lowest BCUT2D eigenvalue weighted by Crippen LogP contribution is -2.21. The van der Waals surface area contributed by atoms with E-state index >= 15 is 0 Å². The molecular formula is C23H20O4. The predicted molar refractivity (Wildman–Crippen MR) is 103 cm³/mol. The molecule has 2 bridgehead atoms.